The minimum atomic E-state index is -0.732. The Morgan fingerprint density at radius 2 is 2.08 bits per heavy atom. The molecule has 7 rings (SSSR count). The molecule has 0 radical (unpaired) electrons. The SMILES string of the molecule is N#C[C@H](C[C@@H]1CCNC1=O)NC(=O)[C@@H]1[C@@H]2[C@H](CN1C(=O)[C@@H]1C[C@]13CCCc1ccccc13)[C@@H]1C=C[C@H]2C1. The first kappa shape index (κ1) is 23.0. The van der Waals surface area contributed by atoms with Crippen molar-refractivity contribution in [1.82, 2.24) is 15.5 Å². The topological polar surface area (TPSA) is 102 Å². The Morgan fingerprint density at radius 3 is 2.89 bits per heavy atom. The smallest absolute Gasteiger partial charge is 0.244 e. The van der Waals surface area contributed by atoms with Crippen molar-refractivity contribution >= 4 is 17.7 Å². The van der Waals surface area contributed by atoms with E-state index < -0.39 is 12.1 Å². The van der Waals surface area contributed by atoms with Crippen LogP contribution in [0.3, 0.4) is 0 Å². The second-order valence-electron chi connectivity index (χ2n) is 12.3. The maximum Gasteiger partial charge on any atom is 0.244 e. The zero-order valence-corrected chi connectivity index (χ0v) is 21.1. The second-order valence-corrected chi connectivity index (χ2v) is 12.3. The molecule has 6 aliphatic rings. The van der Waals surface area contributed by atoms with Crippen LogP contribution in [-0.2, 0) is 26.2 Å². The van der Waals surface area contributed by atoms with Gasteiger partial charge in [-0.25, -0.2) is 0 Å². The third-order valence-corrected chi connectivity index (χ3v) is 10.5. The van der Waals surface area contributed by atoms with Crippen LogP contribution in [0.5, 0.6) is 0 Å². The highest BCUT2D eigenvalue weighted by atomic mass is 16.2. The Bertz CT molecular complexity index is 1240. The molecule has 192 valence electrons. The van der Waals surface area contributed by atoms with Crippen LogP contribution in [0.15, 0.2) is 36.4 Å². The standard InChI is InChI=1S/C30H34N4O3/c31-15-21(13-20-9-11-32-27(20)35)33-28(36)26-25-19-8-7-18(12-19)22(25)16-34(26)29(37)24-14-30(24)10-3-5-17-4-1-2-6-23(17)30/h1-2,4,6-8,18-22,24-26H,3,5,9-14,16H2,(H,32,35)(H,33,36)/t18-,19+,20+,21+,22-,24+,25+,26+,30+/m1/s1. The van der Waals surface area contributed by atoms with Crippen LogP contribution in [-0.4, -0.2) is 47.8 Å². The van der Waals surface area contributed by atoms with E-state index in [1.807, 2.05) is 4.90 Å². The first-order chi connectivity index (χ1) is 18.0. The van der Waals surface area contributed by atoms with E-state index in [-0.39, 0.29) is 40.9 Å². The van der Waals surface area contributed by atoms with Crippen molar-refractivity contribution < 1.29 is 14.4 Å². The van der Waals surface area contributed by atoms with Gasteiger partial charge in [-0.1, -0.05) is 36.4 Å². The first-order valence-corrected chi connectivity index (χ1v) is 14.0. The van der Waals surface area contributed by atoms with Crippen LogP contribution in [0.4, 0.5) is 0 Å². The molecule has 2 heterocycles. The van der Waals surface area contributed by atoms with Gasteiger partial charge in [0.2, 0.25) is 17.7 Å². The summed E-state index contributed by atoms with van der Waals surface area (Å²) in [6.07, 6.45) is 10.7. The molecule has 1 aromatic rings. The summed E-state index contributed by atoms with van der Waals surface area (Å²) in [4.78, 5) is 41.9. The quantitative estimate of drug-likeness (QED) is 0.609. The number of fused-ring (bicyclic) bond motifs is 7. The molecular weight excluding hydrogens is 464 g/mol. The number of likely N-dealkylation sites (tertiary alicyclic amines) is 1. The fourth-order valence-corrected chi connectivity index (χ4v) is 8.69. The Morgan fingerprint density at radius 1 is 1.24 bits per heavy atom. The fourth-order valence-electron chi connectivity index (χ4n) is 8.69. The van der Waals surface area contributed by atoms with E-state index in [9.17, 15) is 19.6 Å². The molecule has 4 aliphatic carbocycles. The second kappa shape index (κ2) is 8.44. The normalized spacial score (nSPS) is 39.2. The maximum atomic E-state index is 14.2. The lowest BCUT2D eigenvalue weighted by molar-refractivity contribution is -0.141. The summed E-state index contributed by atoms with van der Waals surface area (Å²) in [5.74, 6) is 0.710. The molecule has 2 aliphatic heterocycles. The predicted octanol–water partition coefficient (Wildman–Crippen LogP) is 2.46. The van der Waals surface area contributed by atoms with Gasteiger partial charge in [0.15, 0.2) is 0 Å². The maximum absolute atomic E-state index is 14.2. The van der Waals surface area contributed by atoms with Gasteiger partial charge < -0.3 is 15.5 Å². The molecule has 2 saturated carbocycles. The van der Waals surface area contributed by atoms with Gasteiger partial charge in [-0.2, -0.15) is 5.26 Å². The molecule has 0 unspecified atom stereocenters. The van der Waals surface area contributed by atoms with Gasteiger partial charge in [0, 0.05) is 30.3 Å². The van der Waals surface area contributed by atoms with Crippen molar-refractivity contribution in [3.05, 3.63) is 47.5 Å². The van der Waals surface area contributed by atoms with Crippen LogP contribution in [0.1, 0.15) is 49.7 Å². The molecule has 7 nitrogen and oxygen atoms in total. The van der Waals surface area contributed by atoms with E-state index in [1.54, 1.807) is 0 Å². The van der Waals surface area contributed by atoms with Gasteiger partial charge in [0.05, 0.1) is 6.07 Å². The van der Waals surface area contributed by atoms with E-state index in [1.165, 1.54) is 11.1 Å². The number of nitrogens with zero attached hydrogens (tertiary/aromatic N) is 2. The fraction of sp³-hybridized carbons (Fsp3) is 0.600. The lowest BCUT2D eigenvalue weighted by atomic mass is 9.78. The highest BCUT2D eigenvalue weighted by Crippen LogP contribution is 2.62. The number of rotatable bonds is 5. The number of amides is 3. The van der Waals surface area contributed by atoms with E-state index in [0.717, 1.165) is 32.1 Å². The number of benzene rings is 1. The van der Waals surface area contributed by atoms with Gasteiger partial charge >= 0.3 is 0 Å². The number of carbonyl (C=O) groups is 3. The summed E-state index contributed by atoms with van der Waals surface area (Å²) in [5.41, 5.74) is 2.63. The number of nitrogens with one attached hydrogen (secondary N) is 2. The van der Waals surface area contributed by atoms with Crippen molar-refractivity contribution in [2.75, 3.05) is 13.1 Å². The van der Waals surface area contributed by atoms with Crippen molar-refractivity contribution in [2.24, 2.45) is 35.5 Å². The molecule has 9 atom stereocenters. The molecule has 37 heavy (non-hydrogen) atoms. The molecule has 2 saturated heterocycles. The summed E-state index contributed by atoms with van der Waals surface area (Å²) in [5, 5.41) is 15.6. The number of hydrogen-bond acceptors (Lipinski definition) is 4. The number of allylic oxidation sites excluding steroid dienone is 2. The molecule has 1 spiro atoms. The van der Waals surface area contributed by atoms with E-state index in [2.05, 4.69) is 53.1 Å². The lowest BCUT2D eigenvalue weighted by Gasteiger charge is -2.32. The van der Waals surface area contributed by atoms with E-state index in [0.29, 0.717) is 43.7 Å². The summed E-state index contributed by atoms with van der Waals surface area (Å²) in [7, 11) is 0. The van der Waals surface area contributed by atoms with Crippen LogP contribution < -0.4 is 10.6 Å². The summed E-state index contributed by atoms with van der Waals surface area (Å²) in [6, 6.07) is 9.50. The molecule has 2 bridgehead atoms. The third-order valence-electron chi connectivity index (χ3n) is 10.5. The van der Waals surface area contributed by atoms with Crippen LogP contribution in [0, 0.1) is 46.8 Å². The Hall–Kier alpha value is -3.14. The Labute approximate surface area is 217 Å². The van der Waals surface area contributed by atoms with Gasteiger partial charge in [-0.3, -0.25) is 14.4 Å². The first-order valence-electron chi connectivity index (χ1n) is 14.0. The Balaban J connectivity index is 1.13. The average molecular weight is 499 g/mol. The predicted molar refractivity (Wildman–Crippen MR) is 136 cm³/mol. The van der Waals surface area contributed by atoms with Crippen molar-refractivity contribution in [3.8, 4) is 6.07 Å². The van der Waals surface area contributed by atoms with Crippen LogP contribution in [0.25, 0.3) is 0 Å². The number of hydrogen-bond donors (Lipinski definition) is 2. The van der Waals surface area contributed by atoms with Crippen molar-refractivity contribution in [3.63, 3.8) is 0 Å². The van der Waals surface area contributed by atoms with Crippen molar-refractivity contribution in [1.29, 1.82) is 5.26 Å². The molecule has 0 aromatic heterocycles. The van der Waals surface area contributed by atoms with Gasteiger partial charge in [-0.15, -0.1) is 0 Å². The average Bonchev–Trinajstić information content (AvgIpc) is 3.37. The number of aryl methyl sites for hydroxylation is 1. The summed E-state index contributed by atoms with van der Waals surface area (Å²) < 4.78 is 0. The van der Waals surface area contributed by atoms with E-state index in [4.69, 9.17) is 0 Å². The third kappa shape index (κ3) is 3.48. The lowest BCUT2D eigenvalue weighted by Crippen LogP contribution is -2.52. The number of nitriles is 1. The zero-order valence-electron chi connectivity index (χ0n) is 21.1. The Kier molecular flexibility index (Phi) is 5.25. The molecule has 2 N–H and O–H groups in total. The number of carbonyl (C=O) groups excluding carboxylic acids is 3. The molecule has 3 amide bonds. The molecule has 4 fully saturated rings. The van der Waals surface area contributed by atoms with Gasteiger partial charge in [0.1, 0.15) is 12.1 Å². The van der Waals surface area contributed by atoms with E-state index >= 15 is 0 Å². The summed E-state index contributed by atoms with van der Waals surface area (Å²) in [6.45, 7) is 1.25. The van der Waals surface area contributed by atoms with Crippen LogP contribution in [0.2, 0.25) is 0 Å². The highest BCUT2D eigenvalue weighted by Gasteiger charge is 2.65. The largest absolute Gasteiger partial charge is 0.356 e. The van der Waals surface area contributed by atoms with Gasteiger partial charge in [-0.05, 0) is 79.7 Å². The molecular formula is C30H34N4O3. The monoisotopic (exact) mass is 498 g/mol. The molecule has 7 heteroatoms. The minimum Gasteiger partial charge on any atom is -0.356 e. The molecule has 1 aromatic carbocycles. The summed E-state index contributed by atoms with van der Waals surface area (Å²) >= 11 is 0. The van der Waals surface area contributed by atoms with Crippen LogP contribution >= 0.6 is 0 Å². The van der Waals surface area contributed by atoms with Gasteiger partial charge in [0.25, 0.3) is 0 Å². The zero-order chi connectivity index (χ0) is 25.3. The highest BCUT2D eigenvalue weighted by molar-refractivity contribution is 5.92. The van der Waals surface area contributed by atoms with Crippen molar-refractivity contribution in [2.45, 2.75) is 62.4 Å². The minimum absolute atomic E-state index is 0.0442.